The lowest BCUT2D eigenvalue weighted by Gasteiger charge is -2.34. The number of amides is 3. The number of carbonyl (C=O) groups is 3. The molecule has 8 nitrogen and oxygen atoms in total. The van der Waals surface area contributed by atoms with Crippen LogP contribution in [0, 0.1) is 11.8 Å². The van der Waals surface area contributed by atoms with Crippen molar-refractivity contribution in [2.75, 3.05) is 32.7 Å². The van der Waals surface area contributed by atoms with Crippen LogP contribution in [0.5, 0.6) is 0 Å². The molecule has 3 fully saturated rings. The molecule has 2 heterocycles. The quantitative estimate of drug-likeness (QED) is 0.637. The standard InChI is InChI=1S/C24H27N3O5S/c28-22(16-27-23(29)20-7-3-4-8-21(20)24(27)30)25-11-13-26(14-12-25)33(31,32)19-10-9-17-5-1-2-6-18(17)15-19/h1-2,5-6,9-10,15,20-21H,3-4,7-8,11-14,16H2/t20-,21-/m1/s1. The Morgan fingerprint density at radius 1 is 0.848 bits per heavy atom. The van der Waals surface area contributed by atoms with Gasteiger partial charge in [-0.1, -0.05) is 43.2 Å². The largest absolute Gasteiger partial charge is 0.338 e. The number of rotatable bonds is 4. The highest BCUT2D eigenvalue weighted by Gasteiger charge is 2.48. The van der Waals surface area contributed by atoms with E-state index in [1.165, 1.54) is 4.31 Å². The van der Waals surface area contributed by atoms with Crippen molar-refractivity contribution in [3.63, 3.8) is 0 Å². The molecule has 0 bridgehead atoms. The molecule has 2 saturated heterocycles. The molecule has 9 heteroatoms. The Kier molecular flexibility index (Phi) is 5.70. The SMILES string of the molecule is O=C(CN1C(=O)[C@@H]2CCCC[C@H]2C1=O)N1CCN(S(=O)(=O)c2ccc3ccccc3c2)CC1. The molecule has 3 aliphatic rings. The highest BCUT2D eigenvalue weighted by Crippen LogP contribution is 2.38. The highest BCUT2D eigenvalue weighted by molar-refractivity contribution is 7.89. The second-order valence-corrected chi connectivity index (χ2v) is 11.0. The number of nitrogens with zero attached hydrogens (tertiary/aromatic N) is 3. The Bertz CT molecular complexity index is 1200. The topological polar surface area (TPSA) is 95.1 Å². The molecule has 1 aliphatic carbocycles. The van der Waals surface area contributed by atoms with Crippen molar-refractivity contribution >= 4 is 38.5 Å². The van der Waals surface area contributed by atoms with Crippen molar-refractivity contribution in [3.8, 4) is 0 Å². The van der Waals surface area contributed by atoms with Gasteiger partial charge in [0.2, 0.25) is 27.7 Å². The summed E-state index contributed by atoms with van der Waals surface area (Å²) in [6.07, 6.45) is 3.31. The van der Waals surface area contributed by atoms with E-state index in [0.29, 0.717) is 12.8 Å². The number of piperazine rings is 1. The maximum Gasteiger partial charge on any atom is 0.243 e. The lowest BCUT2D eigenvalue weighted by atomic mass is 9.81. The first-order chi connectivity index (χ1) is 15.9. The summed E-state index contributed by atoms with van der Waals surface area (Å²) in [6, 6.07) is 12.7. The second kappa shape index (κ2) is 8.53. The number of fused-ring (bicyclic) bond motifs is 2. The van der Waals surface area contributed by atoms with E-state index in [1.54, 1.807) is 23.1 Å². The Morgan fingerprint density at radius 2 is 1.45 bits per heavy atom. The molecular weight excluding hydrogens is 442 g/mol. The molecule has 0 aromatic heterocycles. The summed E-state index contributed by atoms with van der Waals surface area (Å²) >= 11 is 0. The van der Waals surface area contributed by atoms with Crippen LogP contribution in [0.15, 0.2) is 47.4 Å². The molecule has 3 amide bonds. The summed E-state index contributed by atoms with van der Waals surface area (Å²) < 4.78 is 27.7. The molecule has 0 radical (unpaired) electrons. The maximum absolute atomic E-state index is 13.1. The minimum Gasteiger partial charge on any atom is -0.338 e. The Hall–Kier alpha value is -2.78. The molecule has 0 unspecified atom stereocenters. The summed E-state index contributed by atoms with van der Waals surface area (Å²) in [5.74, 6) is -1.31. The first kappa shape index (κ1) is 22.0. The smallest absolute Gasteiger partial charge is 0.243 e. The van der Waals surface area contributed by atoms with E-state index in [9.17, 15) is 22.8 Å². The minimum absolute atomic E-state index is 0.175. The van der Waals surface area contributed by atoms with E-state index in [4.69, 9.17) is 0 Å². The van der Waals surface area contributed by atoms with Gasteiger partial charge in [-0.25, -0.2) is 8.42 Å². The molecule has 1 saturated carbocycles. The van der Waals surface area contributed by atoms with Crippen molar-refractivity contribution in [1.29, 1.82) is 0 Å². The number of benzene rings is 2. The molecule has 2 atom stereocenters. The molecular formula is C24H27N3O5S. The minimum atomic E-state index is -3.68. The van der Waals surface area contributed by atoms with Crippen molar-refractivity contribution in [1.82, 2.24) is 14.1 Å². The Morgan fingerprint density at radius 3 is 2.09 bits per heavy atom. The fourth-order valence-corrected chi connectivity index (χ4v) is 6.73. The average Bonchev–Trinajstić information content (AvgIpc) is 3.08. The molecule has 0 N–H and O–H groups in total. The summed E-state index contributed by atoms with van der Waals surface area (Å²) in [6.45, 7) is 0.563. The molecule has 174 valence electrons. The lowest BCUT2D eigenvalue weighted by molar-refractivity contribution is -0.147. The fraction of sp³-hybridized carbons (Fsp3) is 0.458. The summed E-state index contributed by atoms with van der Waals surface area (Å²) in [4.78, 5) is 41.0. The molecule has 33 heavy (non-hydrogen) atoms. The zero-order valence-corrected chi connectivity index (χ0v) is 19.2. The number of likely N-dealkylation sites (tertiary alicyclic amines) is 1. The first-order valence-electron chi connectivity index (χ1n) is 11.5. The third-order valence-electron chi connectivity index (χ3n) is 7.18. The molecule has 2 aromatic carbocycles. The fourth-order valence-electron chi connectivity index (χ4n) is 5.28. The normalized spacial score (nSPS) is 24.4. The van der Waals surface area contributed by atoms with Gasteiger partial charge in [0.05, 0.1) is 16.7 Å². The lowest BCUT2D eigenvalue weighted by Crippen LogP contribution is -2.53. The van der Waals surface area contributed by atoms with Crippen LogP contribution in [0.3, 0.4) is 0 Å². The summed E-state index contributed by atoms with van der Waals surface area (Å²) in [5.41, 5.74) is 0. The van der Waals surface area contributed by atoms with Crippen molar-refractivity contribution in [3.05, 3.63) is 42.5 Å². The third-order valence-corrected chi connectivity index (χ3v) is 9.07. The van der Waals surface area contributed by atoms with E-state index < -0.39 is 10.0 Å². The van der Waals surface area contributed by atoms with Crippen LogP contribution in [0.1, 0.15) is 25.7 Å². The van der Waals surface area contributed by atoms with Crippen LogP contribution in [0.2, 0.25) is 0 Å². The van der Waals surface area contributed by atoms with Gasteiger partial charge in [0, 0.05) is 26.2 Å². The van der Waals surface area contributed by atoms with Crippen LogP contribution in [-0.4, -0.2) is 73.0 Å². The number of hydrogen-bond acceptors (Lipinski definition) is 5. The first-order valence-corrected chi connectivity index (χ1v) is 12.9. The van der Waals surface area contributed by atoms with E-state index >= 15 is 0 Å². The maximum atomic E-state index is 13.1. The van der Waals surface area contributed by atoms with E-state index in [0.717, 1.165) is 28.5 Å². The monoisotopic (exact) mass is 469 g/mol. The highest BCUT2D eigenvalue weighted by atomic mass is 32.2. The Balaban J connectivity index is 1.22. The van der Waals surface area contributed by atoms with Crippen molar-refractivity contribution in [2.24, 2.45) is 11.8 Å². The molecule has 2 aliphatic heterocycles. The van der Waals surface area contributed by atoms with Gasteiger partial charge in [0.1, 0.15) is 6.54 Å². The van der Waals surface area contributed by atoms with Crippen LogP contribution >= 0.6 is 0 Å². The molecule has 2 aromatic rings. The molecule has 5 rings (SSSR count). The van der Waals surface area contributed by atoms with Gasteiger partial charge in [0.15, 0.2) is 0 Å². The predicted octanol–water partition coefficient (Wildman–Crippen LogP) is 1.85. The van der Waals surface area contributed by atoms with E-state index in [2.05, 4.69) is 0 Å². The van der Waals surface area contributed by atoms with Gasteiger partial charge in [-0.15, -0.1) is 0 Å². The zero-order chi connectivity index (χ0) is 23.2. The summed E-state index contributed by atoms with van der Waals surface area (Å²) in [5, 5.41) is 1.82. The van der Waals surface area contributed by atoms with Crippen LogP contribution < -0.4 is 0 Å². The van der Waals surface area contributed by atoms with E-state index in [1.807, 2.05) is 24.3 Å². The van der Waals surface area contributed by atoms with Gasteiger partial charge >= 0.3 is 0 Å². The van der Waals surface area contributed by atoms with Crippen LogP contribution in [-0.2, 0) is 24.4 Å². The van der Waals surface area contributed by atoms with Crippen LogP contribution in [0.25, 0.3) is 10.8 Å². The van der Waals surface area contributed by atoms with Gasteiger partial charge in [0.25, 0.3) is 0 Å². The van der Waals surface area contributed by atoms with Gasteiger partial charge in [-0.2, -0.15) is 4.31 Å². The average molecular weight is 470 g/mol. The molecule has 0 spiro atoms. The van der Waals surface area contributed by atoms with Gasteiger partial charge in [-0.05, 0) is 35.7 Å². The van der Waals surface area contributed by atoms with Crippen molar-refractivity contribution < 1.29 is 22.8 Å². The summed E-state index contributed by atoms with van der Waals surface area (Å²) in [7, 11) is -3.68. The number of sulfonamides is 1. The van der Waals surface area contributed by atoms with E-state index in [-0.39, 0.29) is 67.2 Å². The zero-order valence-electron chi connectivity index (χ0n) is 18.4. The van der Waals surface area contributed by atoms with Crippen molar-refractivity contribution in [2.45, 2.75) is 30.6 Å². The number of imide groups is 1. The predicted molar refractivity (Wildman–Crippen MR) is 121 cm³/mol. The van der Waals surface area contributed by atoms with Crippen LogP contribution in [0.4, 0.5) is 0 Å². The Labute approximate surface area is 193 Å². The third kappa shape index (κ3) is 3.93. The number of carbonyl (C=O) groups excluding carboxylic acids is 3. The second-order valence-electron chi connectivity index (χ2n) is 9.05. The number of hydrogen-bond donors (Lipinski definition) is 0. The van der Waals surface area contributed by atoms with Gasteiger partial charge < -0.3 is 4.90 Å². The van der Waals surface area contributed by atoms with Gasteiger partial charge in [-0.3, -0.25) is 19.3 Å².